The van der Waals surface area contributed by atoms with E-state index in [0.29, 0.717) is 22.9 Å². The molecule has 0 bridgehead atoms. The summed E-state index contributed by atoms with van der Waals surface area (Å²) >= 11 is 6.32. The summed E-state index contributed by atoms with van der Waals surface area (Å²) < 4.78 is 38.6. The van der Waals surface area contributed by atoms with Crippen molar-refractivity contribution in [1.29, 1.82) is 0 Å². The van der Waals surface area contributed by atoms with E-state index in [1.807, 2.05) is 54.6 Å². The van der Waals surface area contributed by atoms with Crippen LogP contribution in [-0.2, 0) is 16.4 Å². The van der Waals surface area contributed by atoms with Gasteiger partial charge in [0.25, 0.3) is 0 Å². The van der Waals surface area contributed by atoms with Crippen molar-refractivity contribution >= 4 is 33.0 Å². The molecule has 1 heterocycles. The lowest BCUT2D eigenvalue weighted by Gasteiger charge is -2.08. The van der Waals surface area contributed by atoms with Gasteiger partial charge in [-0.2, -0.15) is 4.98 Å². The Hall–Kier alpha value is -4.07. The van der Waals surface area contributed by atoms with E-state index in [1.54, 1.807) is 42.5 Å². The van der Waals surface area contributed by atoms with Gasteiger partial charge in [0.1, 0.15) is 12.4 Å². The highest BCUT2D eigenvalue weighted by atomic mass is 35.5. The van der Waals surface area contributed by atoms with Crippen LogP contribution in [-0.4, -0.2) is 13.4 Å². The zero-order valence-electron chi connectivity index (χ0n) is 19.0. The number of rotatable bonds is 8. The largest absolute Gasteiger partial charge is 0.489 e. The third-order valence-electron chi connectivity index (χ3n) is 5.37. The second kappa shape index (κ2) is 10.3. The van der Waals surface area contributed by atoms with Crippen molar-refractivity contribution in [3.63, 3.8) is 0 Å². The molecule has 0 saturated heterocycles. The number of anilines is 2. The van der Waals surface area contributed by atoms with Crippen LogP contribution in [0.3, 0.4) is 0 Å². The Labute approximate surface area is 214 Å². The van der Waals surface area contributed by atoms with Crippen LogP contribution in [0.25, 0.3) is 11.5 Å². The van der Waals surface area contributed by atoms with Crippen molar-refractivity contribution in [2.24, 2.45) is 0 Å². The Morgan fingerprint density at radius 3 is 2.14 bits per heavy atom. The summed E-state index contributed by atoms with van der Waals surface area (Å²) in [7, 11) is -3.97. The molecule has 36 heavy (non-hydrogen) atoms. The molecule has 0 radical (unpaired) electrons. The summed E-state index contributed by atoms with van der Waals surface area (Å²) in [5, 5.41) is 3.24. The number of hydrogen-bond donors (Lipinski definition) is 1. The third-order valence-corrected chi connectivity index (χ3v) is 7.38. The number of halogens is 1. The summed E-state index contributed by atoms with van der Waals surface area (Å²) in [6.07, 6.45) is 0. The minimum atomic E-state index is -3.97. The van der Waals surface area contributed by atoms with E-state index in [4.69, 9.17) is 20.8 Å². The number of nitrogens with zero attached hydrogens (tertiary/aromatic N) is 1. The molecule has 0 fully saturated rings. The molecule has 0 saturated carbocycles. The molecule has 8 heteroatoms. The normalized spacial score (nSPS) is 11.2. The fourth-order valence-corrected chi connectivity index (χ4v) is 5.02. The Bertz CT molecular complexity index is 1570. The number of aromatic nitrogens is 1. The first-order chi connectivity index (χ1) is 17.5. The monoisotopic (exact) mass is 516 g/mol. The lowest BCUT2D eigenvalue weighted by Crippen LogP contribution is -2.05. The summed E-state index contributed by atoms with van der Waals surface area (Å²) in [6, 6.07) is 32.0. The molecule has 5 rings (SSSR count). The molecule has 0 aliphatic heterocycles. The average molecular weight is 517 g/mol. The highest BCUT2D eigenvalue weighted by molar-refractivity contribution is 7.91. The van der Waals surface area contributed by atoms with Gasteiger partial charge >= 0.3 is 0 Å². The van der Waals surface area contributed by atoms with E-state index >= 15 is 0 Å². The molecule has 6 nitrogen and oxygen atoms in total. The number of oxazole rings is 1. The van der Waals surface area contributed by atoms with Gasteiger partial charge < -0.3 is 14.5 Å². The van der Waals surface area contributed by atoms with E-state index in [-0.39, 0.29) is 21.7 Å². The number of ether oxygens (including phenoxy) is 1. The minimum absolute atomic E-state index is 0.00191. The second-order valence-corrected chi connectivity index (χ2v) is 10.1. The van der Waals surface area contributed by atoms with Crippen LogP contribution >= 0.6 is 11.6 Å². The molecule has 1 N–H and O–H groups in total. The SMILES string of the molecule is O=S(=O)(c1ccccc1)c1nc(-c2ccccc2Cl)oc1Nc1ccc(COc2ccccc2)cc1. The molecule has 0 spiro atoms. The Balaban J connectivity index is 1.45. The molecule has 180 valence electrons. The zero-order valence-corrected chi connectivity index (χ0v) is 20.5. The predicted octanol–water partition coefficient (Wildman–Crippen LogP) is 7.15. The van der Waals surface area contributed by atoms with Gasteiger partial charge in [0, 0.05) is 5.69 Å². The summed E-state index contributed by atoms with van der Waals surface area (Å²) in [5.41, 5.74) is 2.07. The molecule has 4 aromatic carbocycles. The van der Waals surface area contributed by atoms with Gasteiger partial charge in [-0.1, -0.05) is 72.3 Å². The molecular weight excluding hydrogens is 496 g/mol. The summed E-state index contributed by atoms with van der Waals surface area (Å²) in [6.45, 7) is 0.400. The van der Waals surface area contributed by atoms with E-state index in [2.05, 4.69) is 10.3 Å². The van der Waals surface area contributed by atoms with Crippen molar-refractivity contribution in [3.8, 4) is 17.2 Å². The first kappa shape index (κ1) is 23.7. The number of para-hydroxylation sites is 1. The third kappa shape index (κ3) is 5.12. The second-order valence-electron chi connectivity index (χ2n) is 7.87. The maximum Gasteiger partial charge on any atom is 0.238 e. The lowest BCUT2D eigenvalue weighted by atomic mass is 10.2. The molecule has 0 amide bonds. The maximum absolute atomic E-state index is 13.4. The maximum atomic E-state index is 13.4. The molecule has 5 aromatic rings. The van der Waals surface area contributed by atoms with Gasteiger partial charge in [-0.05, 0) is 54.1 Å². The fourth-order valence-electron chi connectivity index (χ4n) is 3.53. The van der Waals surface area contributed by atoms with Gasteiger partial charge in [-0.3, -0.25) is 0 Å². The Morgan fingerprint density at radius 2 is 1.44 bits per heavy atom. The van der Waals surface area contributed by atoms with Gasteiger partial charge in [0.05, 0.1) is 15.5 Å². The smallest absolute Gasteiger partial charge is 0.238 e. The van der Waals surface area contributed by atoms with Crippen LogP contribution in [0.15, 0.2) is 124 Å². The topological polar surface area (TPSA) is 81.4 Å². The van der Waals surface area contributed by atoms with E-state index in [9.17, 15) is 8.42 Å². The number of benzene rings is 4. The molecule has 0 atom stereocenters. The highest BCUT2D eigenvalue weighted by Crippen LogP contribution is 2.36. The van der Waals surface area contributed by atoms with Gasteiger partial charge in [-0.25, -0.2) is 8.42 Å². The summed E-state index contributed by atoms with van der Waals surface area (Å²) in [5.74, 6) is 0.886. The zero-order chi connectivity index (χ0) is 25.0. The standard InChI is InChI=1S/C28H21ClN2O4S/c29-25-14-8-7-13-24(25)26-31-28(36(32,33)23-11-5-2-6-12-23)27(35-26)30-21-17-15-20(16-18-21)19-34-22-9-3-1-4-10-22/h1-18,30H,19H2. The predicted molar refractivity (Wildman–Crippen MR) is 139 cm³/mol. The van der Waals surface area contributed by atoms with Crippen LogP contribution in [0.4, 0.5) is 11.6 Å². The highest BCUT2D eigenvalue weighted by Gasteiger charge is 2.29. The van der Waals surface area contributed by atoms with Gasteiger partial charge in [0.2, 0.25) is 26.6 Å². The van der Waals surface area contributed by atoms with Crippen molar-refractivity contribution in [1.82, 2.24) is 4.98 Å². The number of nitrogens with one attached hydrogen (secondary N) is 1. The lowest BCUT2D eigenvalue weighted by molar-refractivity contribution is 0.306. The first-order valence-corrected chi connectivity index (χ1v) is 13.0. The van der Waals surface area contributed by atoms with Crippen LogP contribution in [0.2, 0.25) is 5.02 Å². The van der Waals surface area contributed by atoms with Crippen molar-refractivity contribution in [3.05, 3.63) is 120 Å². The van der Waals surface area contributed by atoms with Crippen molar-refractivity contribution in [2.75, 3.05) is 5.32 Å². The Kier molecular flexibility index (Phi) is 6.75. The molecule has 0 aliphatic carbocycles. The molecule has 0 unspecified atom stereocenters. The van der Waals surface area contributed by atoms with Gasteiger partial charge in [0.15, 0.2) is 0 Å². The van der Waals surface area contributed by atoms with Crippen LogP contribution in [0.5, 0.6) is 5.75 Å². The minimum Gasteiger partial charge on any atom is -0.489 e. The van der Waals surface area contributed by atoms with E-state index < -0.39 is 9.84 Å². The van der Waals surface area contributed by atoms with Crippen LogP contribution < -0.4 is 10.1 Å². The average Bonchev–Trinajstić information content (AvgIpc) is 3.34. The number of sulfone groups is 1. The molecule has 0 aliphatic rings. The quantitative estimate of drug-likeness (QED) is 0.236. The van der Waals surface area contributed by atoms with Crippen molar-refractivity contribution in [2.45, 2.75) is 16.5 Å². The van der Waals surface area contributed by atoms with E-state index in [0.717, 1.165) is 11.3 Å². The fraction of sp³-hybridized carbons (Fsp3) is 0.0357. The molecular formula is C28H21ClN2O4S. The molecule has 1 aromatic heterocycles. The van der Waals surface area contributed by atoms with Crippen molar-refractivity contribution < 1.29 is 17.6 Å². The number of hydrogen-bond acceptors (Lipinski definition) is 6. The summed E-state index contributed by atoms with van der Waals surface area (Å²) in [4.78, 5) is 4.46. The van der Waals surface area contributed by atoms with Gasteiger partial charge in [-0.15, -0.1) is 0 Å². The van der Waals surface area contributed by atoms with Crippen LogP contribution in [0.1, 0.15) is 5.56 Å². The first-order valence-electron chi connectivity index (χ1n) is 11.1. The van der Waals surface area contributed by atoms with E-state index in [1.165, 1.54) is 12.1 Å². The Morgan fingerprint density at radius 1 is 0.806 bits per heavy atom. The van der Waals surface area contributed by atoms with Crippen LogP contribution in [0, 0.1) is 0 Å².